The summed E-state index contributed by atoms with van der Waals surface area (Å²) in [6.45, 7) is 2.67. The minimum atomic E-state index is -4.57. The zero-order valence-corrected chi connectivity index (χ0v) is 21.0. The number of benzene rings is 1. The second-order valence-corrected chi connectivity index (χ2v) is 10.0. The Hall–Kier alpha value is -3.91. The summed E-state index contributed by atoms with van der Waals surface area (Å²) < 4.78 is 39.1. The zero-order chi connectivity index (χ0) is 26.9. The van der Waals surface area contributed by atoms with E-state index in [-0.39, 0.29) is 17.7 Å². The SMILES string of the molecule is Cc1cc(Nc2nccc(C(F)(F)F)n2)cc(-c2cnc([C@]3(O)CCCN(C(=O)c4ncn[nH]4)CC3)s2)c1. The molecule has 4 heterocycles. The molecule has 0 bridgehead atoms. The van der Waals surface area contributed by atoms with Crippen molar-refractivity contribution in [3.8, 4) is 10.4 Å². The molecule has 14 heteroatoms. The van der Waals surface area contributed by atoms with Gasteiger partial charge in [0, 0.05) is 37.6 Å². The number of thiazole rings is 1. The molecule has 38 heavy (non-hydrogen) atoms. The van der Waals surface area contributed by atoms with Crippen LogP contribution in [0.25, 0.3) is 10.4 Å². The predicted octanol–water partition coefficient (Wildman–Crippen LogP) is 4.30. The second-order valence-electron chi connectivity index (χ2n) is 9.02. The number of nitrogens with one attached hydrogen (secondary N) is 2. The smallest absolute Gasteiger partial charge is 0.383 e. The molecular formula is C24H23F3N8O2S. The van der Waals surface area contributed by atoms with Gasteiger partial charge in [0.1, 0.15) is 22.6 Å². The van der Waals surface area contributed by atoms with E-state index >= 15 is 0 Å². The molecule has 1 amide bonds. The number of anilines is 2. The number of nitrogens with zero attached hydrogens (tertiary/aromatic N) is 6. The van der Waals surface area contributed by atoms with Crippen LogP contribution in [0.2, 0.25) is 0 Å². The van der Waals surface area contributed by atoms with Gasteiger partial charge in [0.15, 0.2) is 0 Å². The monoisotopic (exact) mass is 544 g/mol. The quantitative estimate of drug-likeness (QED) is 0.339. The highest BCUT2D eigenvalue weighted by atomic mass is 32.1. The first kappa shape index (κ1) is 25.7. The molecule has 3 aromatic heterocycles. The zero-order valence-electron chi connectivity index (χ0n) is 20.2. The fraction of sp³-hybridized carbons (Fsp3) is 0.333. The highest BCUT2D eigenvalue weighted by Crippen LogP contribution is 2.39. The minimum Gasteiger partial charge on any atom is -0.383 e. The Bertz CT molecular complexity index is 1440. The van der Waals surface area contributed by atoms with Crippen LogP contribution in [0, 0.1) is 6.92 Å². The van der Waals surface area contributed by atoms with Crippen molar-refractivity contribution in [1.82, 2.24) is 35.0 Å². The van der Waals surface area contributed by atoms with E-state index in [1.807, 2.05) is 13.0 Å². The maximum Gasteiger partial charge on any atom is 0.433 e. The first-order chi connectivity index (χ1) is 18.1. The fourth-order valence-electron chi connectivity index (χ4n) is 4.32. The number of hydrogen-bond acceptors (Lipinski definition) is 9. The normalized spacial score (nSPS) is 18.3. The van der Waals surface area contributed by atoms with Gasteiger partial charge in [0.25, 0.3) is 5.91 Å². The summed E-state index contributed by atoms with van der Waals surface area (Å²) >= 11 is 1.34. The molecule has 0 spiro atoms. The maximum atomic E-state index is 13.0. The molecule has 1 fully saturated rings. The standard InChI is InChI=1S/C24H23F3N8O2S/c1-14-9-15(11-16(10-14)32-22-28-6-3-18(33-22)24(25,26)27)17-12-29-21(38-17)23(37)4-2-7-35(8-5-23)20(36)19-30-13-31-34-19/h3,6,9-13,37H,2,4-5,7-8H2,1H3,(H,28,32,33)(H,30,31,34)/t23-/m0/s1. The number of aromatic nitrogens is 6. The van der Waals surface area contributed by atoms with E-state index in [1.54, 1.807) is 23.2 Å². The predicted molar refractivity (Wildman–Crippen MR) is 133 cm³/mol. The van der Waals surface area contributed by atoms with Gasteiger partial charge in [0.2, 0.25) is 11.8 Å². The second kappa shape index (κ2) is 10.1. The number of likely N-dealkylation sites (tertiary alicyclic amines) is 1. The first-order valence-electron chi connectivity index (χ1n) is 11.7. The minimum absolute atomic E-state index is 0.159. The lowest BCUT2D eigenvalue weighted by Gasteiger charge is -2.24. The Morgan fingerprint density at radius 3 is 2.79 bits per heavy atom. The van der Waals surface area contributed by atoms with Crippen LogP contribution in [0.1, 0.15) is 46.1 Å². The Morgan fingerprint density at radius 2 is 2.03 bits per heavy atom. The fourth-order valence-corrected chi connectivity index (χ4v) is 5.37. The highest BCUT2D eigenvalue weighted by molar-refractivity contribution is 7.15. The van der Waals surface area contributed by atoms with E-state index in [4.69, 9.17) is 0 Å². The average Bonchev–Trinajstić information content (AvgIpc) is 3.55. The van der Waals surface area contributed by atoms with Crippen LogP contribution in [0.5, 0.6) is 0 Å². The van der Waals surface area contributed by atoms with E-state index in [9.17, 15) is 23.1 Å². The number of rotatable bonds is 5. The Kier molecular flexibility index (Phi) is 6.84. The van der Waals surface area contributed by atoms with Crippen LogP contribution in [0.3, 0.4) is 0 Å². The van der Waals surface area contributed by atoms with Crippen molar-refractivity contribution in [1.29, 1.82) is 0 Å². The van der Waals surface area contributed by atoms with Gasteiger partial charge in [-0.2, -0.15) is 18.3 Å². The van der Waals surface area contributed by atoms with Crippen molar-refractivity contribution in [2.45, 2.75) is 38.0 Å². The van der Waals surface area contributed by atoms with Crippen molar-refractivity contribution >= 4 is 28.9 Å². The molecule has 1 saturated heterocycles. The van der Waals surface area contributed by atoms with Crippen LogP contribution >= 0.6 is 11.3 Å². The first-order valence-corrected chi connectivity index (χ1v) is 12.5. The Balaban J connectivity index is 1.34. The van der Waals surface area contributed by atoms with Gasteiger partial charge in [-0.25, -0.2) is 19.9 Å². The Morgan fingerprint density at radius 1 is 1.18 bits per heavy atom. The van der Waals surface area contributed by atoms with Crippen LogP contribution in [0.4, 0.5) is 24.8 Å². The molecule has 5 rings (SSSR count). The Labute approximate surface area is 219 Å². The summed E-state index contributed by atoms with van der Waals surface area (Å²) in [5.74, 6) is -0.277. The number of hydrogen-bond donors (Lipinski definition) is 3. The van der Waals surface area contributed by atoms with Crippen molar-refractivity contribution < 1.29 is 23.1 Å². The van der Waals surface area contributed by atoms with Gasteiger partial charge in [-0.1, -0.05) is 6.07 Å². The molecule has 3 N–H and O–H groups in total. The molecule has 0 saturated carbocycles. The van der Waals surface area contributed by atoms with Gasteiger partial charge < -0.3 is 15.3 Å². The van der Waals surface area contributed by atoms with E-state index in [1.165, 1.54) is 17.7 Å². The third-order valence-corrected chi connectivity index (χ3v) is 7.43. The number of aliphatic hydroxyl groups is 1. The van der Waals surface area contributed by atoms with Gasteiger partial charge in [0.05, 0.1) is 4.88 Å². The van der Waals surface area contributed by atoms with Crippen LogP contribution in [0.15, 0.2) is 43.0 Å². The largest absolute Gasteiger partial charge is 0.433 e. The van der Waals surface area contributed by atoms with E-state index < -0.39 is 17.5 Å². The van der Waals surface area contributed by atoms with Crippen molar-refractivity contribution in [2.24, 2.45) is 0 Å². The average molecular weight is 545 g/mol. The molecule has 0 aliphatic carbocycles. The van der Waals surface area contributed by atoms with E-state index in [0.29, 0.717) is 43.0 Å². The molecule has 1 atom stereocenters. The lowest BCUT2D eigenvalue weighted by atomic mass is 9.96. The molecule has 0 radical (unpaired) electrons. The molecule has 1 aliphatic heterocycles. The summed E-state index contributed by atoms with van der Waals surface area (Å²) in [6.07, 6.45) is 0.755. The van der Waals surface area contributed by atoms with Crippen LogP contribution in [-0.4, -0.2) is 59.1 Å². The lowest BCUT2D eigenvalue weighted by molar-refractivity contribution is -0.141. The summed E-state index contributed by atoms with van der Waals surface area (Å²) in [5.41, 5.74) is -0.0724. The van der Waals surface area contributed by atoms with Crippen molar-refractivity contribution in [3.05, 3.63) is 65.1 Å². The van der Waals surface area contributed by atoms with Gasteiger partial charge in [-0.15, -0.1) is 11.3 Å². The number of aryl methyl sites for hydroxylation is 1. The summed E-state index contributed by atoms with van der Waals surface area (Å²) in [7, 11) is 0. The summed E-state index contributed by atoms with van der Waals surface area (Å²) in [4.78, 5) is 30.9. The molecule has 4 aromatic rings. The number of aromatic amines is 1. The van der Waals surface area contributed by atoms with E-state index in [2.05, 4.69) is 35.5 Å². The maximum absolute atomic E-state index is 13.0. The van der Waals surface area contributed by atoms with Crippen LogP contribution in [-0.2, 0) is 11.8 Å². The third kappa shape index (κ3) is 5.50. The summed E-state index contributed by atoms with van der Waals surface area (Å²) in [5, 5.41) is 21.1. The molecule has 198 valence electrons. The molecule has 1 aromatic carbocycles. The number of carbonyl (C=O) groups is 1. The van der Waals surface area contributed by atoms with Crippen LogP contribution < -0.4 is 5.32 Å². The van der Waals surface area contributed by atoms with Gasteiger partial charge in [-0.05, 0) is 49.1 Å². The van der Waals surface area contributed by atoms with Crippen molar-refractivity contribution in [3.63, 3.8) is 0 Å². The number of halogens is 3. The molecule has 0 unspecified atom stereocenters. The molecular weight excluding hydrogens is 521 g/mol. The number of amides is 1. The number of carbonyl (C=O) groups excluding carboxylic acids is 1. The van der Waals surface area contributed by atoms with Gasteiger partial charge >= 0.3 is 6.18 Å². The topological polar surface area (TPSA) is 133 Å². The third-order valence-electron chi connectivity index (χ3n) is 6.19. The number of alkyl halides is 3. The lowest BCUT2D eigenvalue weighted by Crippen LogP contribution is -2.34. The van der Waals surface area contributed by atoms with Gasteiger partial charge in [-0.3, -0.25) is 9.89 Å². The van der Waals surface area contributed by atoms with Crippen molar-refractivity contribution in [2.75, 3.05) is 18.4 Å². The molecule has 10 nitrogen and oxygen atoms in total. The molecule has 1 aliphatic rings. The summed E-state index contributed by atoms with van der Waals surface area (Å²) in [6, 6.07) is 6.27. The highest BCUT2D eigenvalue weighted by Gasteiger charge is 2.36. The number of H-pyrrole nitrogens is 1. The van der Waals surface area contributed by atoms with E-state index in [0.717, 1.165) is 28.3 Å².